The number of ether oxygens (including phenoxy) is 1. The van der Waals surface area contributed by atoms with Gasteiger partial charge < -0.3 is 4.74 Å². The smallest absolute Gasteiger partial charge is 0.358 e. The molecule has 0 saturated heterocycles. The van der Waals surface area contributed by atoms with Crippen molar-refractivity contribution >= 4 is 51.2 Å². The molecule has 1 aromatic heterocycles. The third kappa shape index (κ3) is 2.99. The molecule has 0 amide bonds. The summed E-state index contributed by atoms with van der Waals surface area (Å²) >= 11 is 3.45. The second-order valence-electron chi connectivity index (χ2n) is 2.70. The molecule has 0 atom stereocenters. The minimum Gasteiger partial charge on any atom is -0.461 e. The first-order valence-electron chi connectivity index (χ1n) is 4.28. The van der Waals surface area contributed by atoms with Gasteiger partial charge in [-0.2, -0.15) is 0 Å². The monoisotopic (exact) mass is 453 g/mol. The van der Waals surface area contributed by atoms with Crippen LogP contribution in [0.1, 0.15) is 29.4 Å². The Labute approximate surface area is 118 Å². The van der Waals surface area contributed by atoms with Crippen molar-refractivity contribution < 1.29 is 18.3 Å². The number of rotatable bonds is 3. The number of hydrogen-bond acceptors (Lipinski definition) is 3. The molecule has 1 rings (SSSR count). The van der Waals surface area contributed by atoms with Gasteiger partial charge in [-0.3, -0.25) is 0 Å². The number of halogens is 4. The maximum absolute atomic E-state index is 12.7. The first-order valence-corrected chi connectivity index (χ1v) is 6.44. The van der Waals surface area contributed by atoms with Crippen LogP contribution in [0, 0.1) is 7.14 Å². The molecule has 0 aliphatic carbocycles. The van der Waals surface area contributed by atoms with E-state index in [4.69, 9.17) is 4.74 Å². The number of pyridine rings is 1. The van der Waals surface area contributed by atoms with Crippen molar-refractivity contribution in [1.29, 1.82) is 0 Å². The van der Waals surface area contributed by atoms with Crippen LogP contribution in [0.4, 0.5) is 8.78 Å². The van der Waals surface area contributed by atoms with Gasteiger partial charge in [0, 0.05) is 15.3 Å². The standard InChI is InChI=1S/C9H7F2I2NO2/c1-2-16-9(15)7-6(13)5(8(10)11)4(12)3-14-7/h3,8H,2H2,1H3. The maximum atomic E-state index is 12.7. The maximum Gasteiger partial charge on any atom is 0.358 e. The summed E-state index contributed by atoms with van der Waals surface area (Å²) in [5.41, 5.74) is -0.225. The molecular formula is C9H7F2I2NO2. The van der Waals surface area contributed by atoms with Crippen LogP contribution in [0.15, 0.2) is 6.20 Å². The van der Waals surface area contributed by atoms with Crippen molar-refractivity contribution in [2.75, 3.05) is 6.61 Å². The van der Waals surface area contributed by atoms with Crippen LogP contribution in [0.3, 0.4) is 0 Å². The third-order valence-electron chi connectivity index (χ3n) is 1.70. The Bertz CT molecular complexity index is 413. The van der Waals surface area contributed by atoms with Gasteiger partial charge in [0.1, 0.15) is 0 Å². The Morgan fingerprint density at radius 2 is 2.19 bits per heavy atom. The molecule has 0 bridgehead atoms. The van der Waals surface area contributed by atoms with Crippen LogP contribution in [0.2, 0.25) is 0 Å². The summed E-state index contributed by atoms with van der Waals surface area (Å²) in [7, 11) is 0. The van der Waals surface area contributed by atoms with Gasteiger partial charge in [0.05, 0.1) is 10.2 Å². The predicted octanol–water partition coefficient (Wildman–Crippen LogP) is 3.41. The Morgan fingerprint density at radius 1 is 1.56 bits per heavy atom. The van der Waals surface area contributed by atoms with E-state index in [0.29, 0.717) is 3.57 Å². The largest absolute Gasteiger partial charge is 0.461 e. The van der Waals surface area contributed by atoms with E-state index >= 15 is 0 Å². The highest BCUT2D eigenvalue weighted by atomic mass is 127. The minimum atomic E-state index is -2.63. The lowest BCUT2D eigenvalue weighted by atomic mass is 10.2. The first-order chi connectivity index (χ1) is 7.49. The fourth-order valence-corrected chi connectivity index (χ4v) is 3.07. The highest BCUT2D eigenvalue weighted by Gasteiger charge is 2.23. The second kappa shape index (κ2) is 6.03. The van der Waals surface area contributed by atoms with E-state index in [9.17, 15) is 13.6 Å². The molecule has 0 N–H and O–H groups in total. The molecule has 3 nitrogen and oxygen atoms in total. The second-order valence-corrected chi connectivity index (χ2v) is 4.94. The summed E-state index contributed by atoms with van der Waals surface area (Å²) in [4.78, 5) is 15.2. The molecule has 0 aliphatic rings. The van der Waals surface area contributed by atoms with Crippen LogP contribution in [-0.4, -0.2) is 17.6 Å². The van der Waals surface area contributed by atoms with Gasteiger partial charge in [0.2, 0.25) is 0 Å². The van der Waals surface area contributed by atoms with Crippen LogP contribution < -0.4 is 0 Å². The summed E-state index contributed by atoms with van der Waals surface area (Å²) in [6.07, 6.45) is -1.38. The molecule has 0 saturated carbocycles. The van der Waals surface area contributed by atoms with Gasteiger partial charge in [-0.1, -0.05) is 0 Å². The molecule has 88 valence electrons. The van der Waals surface area contributed by atoms with E-state index in [1.54, 1.807) is 52.1 Å². The van der Waals surface area contributed by atoms with Gasteiger partial charge in [-0.05, 0) is 52.1 Å². The van der Waals surface area contributed by atoms with Crippen molar-refractivity contribution in [3.8, 4) is 0 Å². The normalized spacial score (nSPS) is 10.6. The van der Waals surface area contributed by atoms with Gasteiger partial charge in [0.15, 0.2) is 5.69 Å². The Balaban J connectivity index is 3.23. The lowest BCUT2D eigenvalue weighted by molar-refractivity contribution is 0.0517. The molecule has 0 fully saturated rings. The molecule has 16 heavy (non-hydrogen) atoms. The minimum absolute atomic E-state index is 0.0573. The summed E-state index contributed by atoms with van der Waals surface area (Å²) in [6, 6.07) is 0. The average molecular weight is 453 g/mol. The molecular weight excluding hydrogens is 446 g/mol. The molecule has 0 spiro atoms. The lowest BCUT2D eigenvalue weighted by Gasteiger charge is -2.09. The molecule has 7 heteroatoms. The fraction of sp³-hybridized carbons (Fsp3) is 0.333. The van der Waals surface area contributed by atoms with E-state index in [0.717, 1.165) is 0 Å². The number of nitrogens with zero attached hydrogens (tertiary/aromatic N) is 1. The van der Waals surface area contributed by atoms with Crippen molar-refractivity contribution in [3.05, 3.63) is 24.6 Å². The van der Waals surface area contributed by atoms with Crippen molar-refractivity contribution in [2.24, 2.45) is 0 Å². The summed E-state index contributed by atoms with van der Waals surface area (Å²) in [5.74, 6) is -0.676. The zero-order chi connectivity index (χ0) is 12.3. The topological polar surface area (TPSA) is 39.2 Å². The Hall–Kier alpha value is -0.0600. The highest BCUT2D eigenvalue weighted by Crippen LogP contribution is 2.30. The van der Waals surface area contributed by atoms with E-state index in [1.165, 1.54) is 6.20 Å². The first kappa shape index (κ1) is 14.0. The van der Waals surface area contributed by atoms with E-state index < -0.39 is 12.4 Å². The predicted molar refractivity (Wildman–Crippen MR) is 70.6 cm³/mol. The van der Waals surface area contributed by atoms with E-state index in [-0.39, 0.29) is 21.4 Å². The van der Waals surface area contributed by atoms with Crippen LogP contribution >= 0.6 is 45.2 Å². The van der Waals surface area contributed by atoms with Crippen molar-refractivity contribution in [1.82, 2.24) is 4.98 Å². The van der Waals surface area contributed by atoms with Gasteiger partial charge in [-0.25, -0.2) is 18.6 Å². The van der Waals surface area contributed by atoms with Crippen LogP contribution in [0.5, 0.6) is 0 Å². The number of carbonyl (C=O) groups excluding carboxylic acids is 1. The van der Waals surface area contributed by atoms with Crippen molar-refractivity contribution in [2.45, 2.75) is 13.3 Å². The third-order valence-corrected chi connectivity index (χ3v) is 3.65. The quantitative estimate of drug-likeness (QED) is 0.521. The summed E-state index contributed by atoms with van der Waals surface area (Å²) in [6.45, 7) is 1.83. The molecule has 1 heterocycles. The zero-order valence-electron chi connectivity index (χ0n) is 8.14. The molecule has 0 aliphatic heterocycles. The van der Waals surface area contributed by atoms with Gasteiger partial charge in [0.25, 0.3) is 6.43 Å². The number of alkyl halides is 2. The Morgan fingerprint density at radius 3 is 2.69 bits per heavy atom. The van der Waals surface area contributed by atoms with Crippen molar-refractivity contribution in [3.63, 3.8) is 0 Å². The lowest BCUT2D eigenvalue weighted by Crippen LogP contribution is -2.12. The fourth-order valence-electron chi connectivity index (χ4n) is 1.02. The molecule has 0 unspecified atom stereocenters. The number of esters is 1. The molecule has 0 radical (unpaired) electrons. The van der Waals surface area contributed by atoms with Gasteiger partial charge >= 0.3 is 5.97 Å². The Kier molecular flexibility index (Phi) is 5.28. The van der Waals surface area contributed by atoms with Crippen LogP contribution in [0.25, 0.3) is 0 Å². The SMILES string of the molecule is CCOC(=O)c1ncc(I)c(C(F)F)c1I. The van der Waals surface area contributed by atoms with Gasteiger partial charge in [-0.15, -0.1) is 0 Å². The molecule has 0 aromatic carbocycles. The summed E-state index contributed by atoms with van der Waals surface area (Å²) in [5, 5.41) is 0. The molecule has 1 aromatic rings. The van der Waals surface area contributed by atoms with Crippen LogP contribution in [-0.2, 0) is 4.74 Å². The number of hydrogen-bond donors (Lipinski definition) is 0. The van der Waals surface area contributed by atoms with E-state index in [1.807, 2.05) is 0 Å². The number of carbonyl (C=O) groups is 1. The number of aromatic nitrogens is 1. The summed E-state index contributed by atoms with van der Waals surface area (Å²) < 4.78 is 30.7. The van der Waals surface area contributed by atoms with E-state index in [2.05, 4.69) is 4.98 Å². The zero-order valence-corrected chi connectivity index (χ0v) is 12.5. The average Bonchev–Trinajstić information content (AvgIpc) is 2.17. The highest BCUT2D eigenvalue weighted by molar-refractivity contribution is 14.1.